The Morgan fingerprint density at radius 3 is 2.63 bits per heavy atom. The van der Waals surface area contributed by atoms with Crippen LogP contribution in [0, 0.1) is 6.92 Å². The fourth-order valence-electron chi connectivity index (χ4n) is 3.66. The number of likely N-dealkylation sites (tertiary alicyclic amines) is 1. The minimum atomic E-state index is -0.111. The number of benzene rings is 1. The number of ether oxygens (including phenoxy) is 1. The maximum atomic E-state index is 13.1. The number of nitrogens with zero attached hydrogens (tertiary/aromatic N) is 5. The normalized spacial score (nSPS) is 19.4. The van der Waals surface area contributed by atoms with Gasteiger partial charge in [0.15, 0.2) is 5.82 Å². The van der Waals surface area contributed by atoms with Crippen molar-refractivity contribution in [3.63, 3.8) is 0 Å². The standard InChI is InChI=1S/C19H21N5O3/c1-12-20-17(27-22-12)15-11-24(10-14(15)13-7-5-4-6-8-13)19(25)16-9-23(2)21-18(16)26-3/h4-9,14-15H,10-11H2,1-3H3/t14-,15-/m1/s1. The third-order valence-electron chi connectivity index (χ3n) is 4.91. The molecule has 1 aliphatic heterocycles. The Bertz CT molecular complexity index is 949. The first kappa shape index (κ1) is 17.3. The molecule has 1 aliphatic rings. The number of rotatable bonds is 4. The van der Waals surface area contributed by atoms with Crippen LogP contribution in [0.4, 0.5) is 0 Å². The summed E-state index contributed by atoms with van der Waals surface area (Å²) < 4.78 is 12.3. The molecular weight excluding hydrogens is 346 g/mol. The first-order valence-corrected chi connectivity index (χ1v) is 8.79. The number of aromatic nitrogens is 4. The number of carbonyl (C=O) groups is 1. The van der Waals surface area contributed by atoms with Crippen molar-refractivity contribution in [1.29, 1.82) is 0 Å². The van der Waals surface area contributed by atoms with Crippen molar-refractivity contribution in [1.82, 2.24) is 24.8 Å². The molecule has 0 N–H and O–H groups in total. The van der Waals surface area contributed by atoms with Crippen molar-refractivity contribution in [3.8, 4) is 5.88 Å². The molecular formula is C19H21N5O3. The van der Waals surface area contributed by atoms with Gasteiger partial charge in [0.25, 0.3) is 5.91 Å². The Balaban J connectivity index is 1.67. The zero-order valence-electron chi connectivity index (χ0n) is 15.5. The quantitative estimate of drug-likeness (QED) is 0.702. The predicted molar refractivity (Wildman–Crippen MR) is 96.6 cm³/mol. The highest BCUT2D eigenvalue weighted by Crippen LogP contribution is 2.39. The van der Waals surface area contributed by atoms with E-state index in [1.807, 2.05) is 18.2 Å². The Labute approximate surface area is 156 Å². The highest BCUT2D eigenvalue weighted by Gasteiger charge is 2.41. The molecule has 27 heavy (non-hydrogen) atoms. The van der Waals surface area contributed by atoms with E-state index in [4.69, 9.17) is 9.26 Å². The first-order valence-electron chi connectivity index (χ1n) is 8.79. The second-order valence-corrected chi connectivity index (χ2v) is 6.74. The molecule has 8 nitrogen and oxygen atoms in total. The lowest BCUT2D eigenvalue weighted by atomic mass is 9.89. The topological polar surface area (TPSA) is 86.3 Å². The number of carbonyl (C=O) groups excluding carboxylic acids is 1. The summed E-state index contributed by atoms with van der Waals surface area (Å²) >= 11 is 0. The molecule has 0 bridgehead atoms. The molecule has 1 saturated heterocycles. The van der Waals surface area contributed by atoms with Crippen molar-refractivity contribution in [3.05, 3.63) is 59.4 Å². The second kappa shape index (κ2) is 6.86. The van der Waals surface area contributed by atoms with Crippen LogP contribution in [0.15, 0.2) is 41.1 Å². The van der Waals surface area contributed by atoms with Gasteiger partial charge in [-0.3, -0.25) is 9.48 Å². The van der Waals surface area contributed by atoms with Gasteiger partial charge >= 0.3 is 0 Å². The zero-order chi connectivity index (χ0) is 19.0. The van der Waals surface area contributed by atoms with Crippen molar-refractivity contribution in [2.24, 2.45) is 7.05 Å². The molecule has 1 amide bonds. The fourth-order valence-corrected chi connectivity index (χ4v) is 3.66. The largest absolute Gasteiger partial charge is 0.479 e. The molecule has 2 atom stereocenters. The zero-order valence-corrected chi connectivity index (χ0v) is 15.5. The van der Waals surface area contributed by atoms with Crippen LogP contribution in [0.2, 0.25) is 0 Å². The van der Waals surface area contributed by atoms with Gasteiger partial charge in [0.2, 0.25) is 11.8 Å². The molecule has 3 heterocycles. The van der Waals surface area contributed by atoms with Gasteiger partial charge in [-0.05, 0) is 12.5 Å². The van der Waals surface area contributed by atoms with E-state index < -0.39 is 0 Å². The van der Waals surface area contributed by atoms with Crippen molar-refractivity contribution < 1.29 is 14.1 Å². The third-order valence-corrected chi connectivity index (χ3v) is 4.91. The van der Waals surface area contributed by atoms with E-state index in [1.54, 1.807) is 29.7 Å². The van der Waals surface area contributed by atoms with E-state index in [-0.39, 0.29) is 17.7 Å². The summed E-state index contributed by atoms with van der Waals surface area (Å²) in [5, 5.41) is 8.11. The highest BCUT2D eigenvalue weighted by molar-refractivity contribution is 5.96. The molecule has 0 saturated carbocycles. The van der Waals surface area contributed by atoms with Gasteiger partial charge in [0.05, 0.1) is 13.0 Å². The highest BCUT2D eigenvalue weighted by atomic mass is 16.5. The smallest absolute Gasteiger partial charge is 0.261 e. The summed E-state index contributed by atoms with van der Waals surface area (Å²) in [5.41, 5.74) is 1.60. The first-order chi connectivity index (χ1) is 13.1. The van der Waals surface area contributed by atoms with Crippen LogP contribution in [0.5, 0.6) is 5.88 Å². The lowest BCUT2D eigenvalue weighted by Gasteiger charge is -2.16. The van der Waals surface area contributed by atoms with Gasteiger partial charge in [0, 0.05) is 32.3 Å². The summed E-state index contributed by atoms with van der Waals surface area (Å²) in [7, 11) is 3.28. The molecule has 2 aromatic heterocycles. The molecule has 8 heteroatoms. The summed E-state index contributed by atoms with van der Waals surface area (Å²) in [6.45, 7) is 2.86. The molecule has 1 fully saturated rings. The predicted octanol–water partition coefficient (Wildman–Crippen LogP) is 2.14. The van der Waals surface area contributed by atoms with Crippen molar-refractivity contribution in [2.45, 2.75) is 18.8 Å². The van der Waals surface area contributed by atoms with Crippen LogP contribution in [0.25, 0.3) is 0 Å². The third kappa shape index (κ3) is 3.18. The van der Waals surface area contributed by atoms with Crippen LogP contribution >= 0.6 is 0 Å². The minimum absolute atomic E-state index is 0.0554. The molecule has 0 aliphatic carbocycles. The Morgan fingerprint density at radius 1 is 1.22 bits per heavy atom. The van der Waals surface area contributed by atoms with Gasteiger partial charge in [-0.25, -0.2) is 0 Å². The monoisotopic (exact) mass is 367 g/mol. The maximum Gasteiger partial charge on any atom is 0.261 e. The molecule has 0 unspecified atom stereocenters. The number of methoxy groups -OCH3 is 1. The molecule has 140 valence electrons. The van der Waals surface area contributed by atoms with Crippen molar-refractivity contribution in [2.75, 3.05) is 20.2 Å². The van der Waals surface area contributed by atoms with Crippen LogP contribution in [0.3, 0.4) is 0 Å². The number of hydrogen-bond acceptors (Lipinski definition) is 6. The van der Waals surface area contributed by atoms with Gasteiger partial charge in [-0.15, -0.1) is 5.10 Å². The van der Waals surface area contributed by atoms with E-state index in [9.17, 15) is 4.79 Å². The number of aryl methyl sites for hydroxylation is 2. The van der Waals surface area contributed by atoms with Crippen LogP contribution < -0.4 is 4.74 Å². The van der Waals surface area contributed by atoms with Gasteiger partial charge in [-0.1, -0.05) is 35.5 Å². The molecule has 3 aromatic rings. The summed E-state index contributed by atoms with van der Waals surface area (Å²) in [6, 6.07) is 10.1. The van der Waals surface area contributed by atoms with E-state index in [0.29, 0.717) is 36.2 Å². The minimum Gasteiger partial charge on any atom is -0.479 e. The van der Waals surface area contributed by atoms with Gasteiger partial charge in [0.1, 0.15) is 5.56 Å². The van der Waals surface area contributed by atoms with Gasteiger partial charge < -0.3 is 14.2 Å². The van der Waals surface area contributed by atoms with E-state index in [0.717, 1.165) is 5.56 Å². The average Bonchev–Trinajstić information content (AvgIpc) is 3.39. The van der Waals surface area contributed by atoms with Crippen LogP contribution in [-0.4, -0.2) is 50.9 Å². The molecule has 1 aromatic carbocycles. The lowest BCUT2D eigenvalue weighted by Crippen LogP contribution is -2.29. The number of hydrogen-bond donors (Lipinski definition) is 0. The Hall–Kier alpha value is -3.16. The fraction of sp³-hybridized carbons (Fsp3) is 0.368. The van der Waals surface area contributed by atoms with E-state index in [1.165, 1.54) is 7.11 Å². The summed E-state index contributed by atoms with van der Waals surface area (Å²) in [6.07, 6.45) is 1.68. The number of amides is 1. The van der Waals surface area contributed by atoms with Gasteiger partial charge in [-0.2, -0.15) is 4.98 Å². The Morgan fingerprint density at radius 2 is 1.96 bits per heavy atom. The molecule has 0 spiro atoms. The summed E-state index contributed by atoms with van der Waals surface area (Å²) in [4.78, 5) is 19.3. The summed E-state index contributed by atoms with van der Waals surface area (Å²) in [5.74, 6) is 1.40. The molecule has 0 radical (unpaired) electrons. The second-order valence-electron chi connectivity index (χ2n) is 6.74. The average molecular weight is 367 g/mol. The van der Waals surface area contributed by atoms with Crippen molar-refractivity contribution >= 4 is 5.91 Å². The maximum absolute atomic E-state index is 13.1. The van der Waals surface area contributed by atoms with Crippen LogP contribution in [-0.2, 0) is 7.05 Å². The lowest BCUT2D eigenvalue weighted by molar-refractivity contribution is 0.0784. The molecule has 4 rings (SSSR count). The van der Waals surface area contributed by atoms with E-state index in [2.05, 4.69) is 27.4 Å². The van der Waals surface area contributed by atoms with E-state index >= 15 is 0 Å². The Kier molecular flexibility index (Phi) is 4.39. The van der Waals surface area contributed by atoms with Crippen LogP contribution in [0.1, 0.15) is 39.5 Å². The SMILES string of the molecule is COc1nn(C)cc1C(=O)N1C[C@H](c2ccccc2)[C@H](c2nc(C)no2)C1.